The van der Waals surface area contributed by atoms with E-state index in [1.165, 1.54) is 0 Å². The van der Waals surface area contributed by atoms with Crippen LogP contribution in [0.4, 0.5) is 11.4 Å². The van der Waals surface area contributed by atoms with E-state index in [-0.39, 0.29) is 0 Å². The quantitative estimate of drug-likeness (QED) is 0.534. The number of methoxy groups -OCH3 is 2. The molecule has 0 bridgehead atoms. The van der Waals surface area contributed by atoms with Gasteiger partial charge < -0.3 is 9.47 Å². The van der Waals surface area contributed by atoms with Crippen LogP contribution in [-0.2, 0) is 0 Å². The molecule has 0 radical (unpaired) electrons. The highest BCUT2D eigenvalue weighted by Crippen LogP contribution is 2.19. The number of ether oxygens (including phenoxy) is 2. The summed E-state index contributed by atoms with van der Waals surface area (Å²) in [6.07, 6.45) is 0. The molecule has 3 aromatic rings. The summed E-state index contributed by atoms with van der Waals surface area (Å²) in [5.41, 5.74) is 2.71. The first-order chi connectivity index (χ1) is 12.7. The average Bonchev–Trinajstić information content (AvgIpc) is 2.69. The van der Waals surface area contributed by atoms with Crippen molar-refractivity contribution in [3.05, 3.63) is 83.4 Å². The molecule has 5 heteroatoms. The van der Waals surface area contributed by atoms with Crippen LogP contribution < -0.4 is 19.8 Å². The molecule has 26 heavy (non-hydrogen) atoms. The van der Waals surface area contributed by atoms with Gasteiger partial charge in [-0.15, -0.1) is 0 Å². The summed E-state index contributed by atoms with van der Waals surface area (Å²) >= 11 is 6.41. The van der Waals surface area contributed by atoms with Crippen LogP contribution in [0.1, 0.15) is 5.56 Å². The van der Waals surface area contributed by atoms with Crippen molar-refractivity contribution in [2.75, 3.05) is 19.5 Å². The van der Waals surface area contributed by atoms with E-state index in [1.807, 2.05) is 72.8 Å². The largest absolute Gasteiger partial charge is 0.497 e. The lowest BCUT2D eigenvalue weighted by Crippen LogP contribution is -2.68. The smallest absolute Gasteiger partial charge is 0.286 e. The van der Waals surface area contributed by atoms with Gasteiger partial charge in [0, 0.05) is 0 Å². The number of amidine groups is 1. The van der Waals surface area contributed by atoms with Crippen molar-refractivity contribution in [2.45, 2.75) is 0 Å². The third kappa shape index (κ3) is 4.35. The van der Waals surface area contributed by atoms with E-state index in [4.69, 9.17) is 21.1 Å². The zero-order valence-corrected chi connectivity index (χ0v) is 15.4. The fourth-order valence-corrected chi connectivity index (χ4v) is 2.70. The number of nitrogens with one attached hydrogen (secondary N) is 2. The Hall–Kier alpha value is -2.98. The molecule has 0 saturated heterocycles. The molecule has 0 spiro atoms. The summed E-state index contributed by atoms with van der Waals surface area (Å²) in [5.74, 6) is 2.39. The van der Waals surface area contributed by atoms with E-state index >= 15 is 0 Å². The second kappa shape index (κ2) is 8.41. The van der Waals surface area contributed by atoms with E-state index in [0.29, 0.717) is 5.02 Å². The monoisotopic (exact) mass is 367 g/mol. The average molecular weight is 368 g/mol. The predicted octanol–water partition coefficient (Wildman–Crippen LogP) is 3.63. The first kappa shape index (κ1) is 17.8. The summed E-state index contributed by atoms with van der Waals surface area (Å²) < 4.78 is 10.4. The number of hydrogen-bond donors (Lipinski definition) is 2. The Kier molecular flexibility index (Phi) is 5.77. The molecule has 0 amide bonds. The van der Waals surface area contributed by atoms with Crippen LogP contribution in [0.5, 0.6) is 11.5 Å². The molecule has 0 unspecified atom stereocenters. The Bertz CT molecular complexity index is 891. The molecule has 0 saturated carbocycles. The number of halogens is 1. The Labute approximate surface area is 158 Å². The van der Waals surface area contributed by atoms with Gasteiger partial charge in [0.1, 0.15) is 22.9 Å². The molecule has 4 nitrogen and oxygen atoms in total. The van der Waals surface area contributed by atoms with E-state index in [0.717, 1.165) is 34.3 Å². The van der Waals surface area contributed by atoms with E-state index in [9.17, 15) is 0 Å². The highest BCUT2D eigenvalue weighted by Gasteiger charge is 2.15. The summed E-state index contributed by atoms with van der Waals surface area (Å²) in [5, 5.41) is 4.06. The van der Waals surface area contributed by atoms with Crippen LogP contribution in [0, 0.1) is 0 Å². The van der Waals surface area contributed by atoms with Crippen LogP contribution in [0.15, 0.2) is 72.8 Å². The lowest BCUT2D eigenvalue weighted by Gasteiger charge is -2.07. The van der Waals surface area contributed by atoms with E-state index in [2.05, 4.69) is 10.3 Å². The van der Waals surface area contributed by atoms with Gasteiger partial charge >= 0.3 is 0 Å². The number of hydrogen-bond acceptors (Lipinski definition) is 2. The minimum Gasteiger partial charge on any atom is -0.497 e. The number of anilines is 1. The first-order valence-corrected chi connectivity index (χ1v) is 8.51. The zero-order chi connectivity index (χ0) is 18.4. The molecule has 132 valence electrons. The Morgan fingerprint density at radius 2 is 1.38 bits per heavy atom. The van der Waals surface area contributed by atoms with Gasteiger partial charge in [0.25, 0.3) is 5.84 Å². The van der Waals surface area contributed by atoms with Crippen molar-refractivity contribution in [1.82, 2.24) is 0 Å². The molecular weight excluding hydrogens is 348 g/mol. The Balaban J connectivity index is 1.97. The maximum atomic E-state index is 6.41. The van der Waals surface area contributed by atoms with Crippen LogP contribution >= 0.6 is 11.6 Å². The molecule has 0 atom stereocenters. The van der Waals surface area contributed by atoms with E-state index in [1.54, 1.807) is 14.2 Å². The second-order valence-corrected chi connectivity index (χ2v) is 5.97. The fourth-order valence-electron chi connectivity index (χ4n) is 2.47. The molecule has 0 aliphatic heterocycles. The van der Waals surface area contributed by atoms with Crippen molar-refractivity contribution in [3.8, 4) is 11.5 Å². The maximum absolute atomic E-state index is 6.41. The minimum atomic E-state index is 0.657. The Morgan fingerprint density at radius 3 is 1.96 bits per heavy atom. The van der Waals surface area contributed by atoms with Crippen molar-refractivity contribution in [3.63, 3.8) is 0 Å². The van der Waals surface area contributed by atoms with Crippen LogP contribution in [-0.4, -0.2) is 20.1 Å². The van der Waals surface area contributed by atoms with Gasteiger partial charge in [-0.3, -0.25) is 0 Å². The molecule has 0 fully saturated rings. The molecule has 3 aromatic carbocycles. The molecule has 0 aliphatic carbocycles. The lowest BCUT2D eigenvalue weighted by molar-refractivity contribution is -0.352. The Morgan fingerprint density at radius 1 is 0.808 bits per heavy atom. The molecule has 0 heterocycles. The van der Waals surface area contributed by atoms with Crippen molar-refractivity contribution in [1.29, 1.82) is 0 Å². The molecule has 0 aliphatic rings. The van der Waals surface area contributed by atoms with Crippen LogP contribution in [0.2, 0.25) is 5.02 Å². The SMILES string of the molecule is COc1ccc(NC(=[NH+]c2ccc(OC)cc2)c2ccccc2Cl)cc1. The summed E-state index contributed by atoms with van der Waals surface area (Å²) in [4.78, 5) is 3.40. The minimum absolute atomic E-state index is 0.657. The molecular formula is C21H20ClN2O2+. The molecule has 2 N–H and O–H groups in total. The zero-order valence-electron chi connectivity index (χ0n) is 14.6. The standard InChI is InChI=1S/C21H19ClN2O2/c1-25-17-11-7-15(8-12-17)23-21(19-5-3-4-6-20(19)22)24-16-9-13-18(26-2)14-10-16/h3-14H,1-2H3,(H,23,24)/p+1. The number of rotatable bonds is 5. The van der Waals surface area contributed by atoms with Crippen molar-refractivity contribution < 1.29 is 14.5 Å². The van der Waals surface area contributed by atoms with Gasteiger partial charge in [0.2, 0.25) is 0 Å². The van der Waals surface area contributed by atoms with Gasteiger partial charge in [-0.05, 0) is 60.7 Å². The molecule has 0 aromatic heterocycles. The maximum Gasteiger partial charge on any atom is 0.286 e. The van der Waals surface area contributed by atoms with Crippen molar-refractivity contribution >= 4 is 28.8 Å². The van der Waals surface area contributed by atoms with E-state index < -0.39 is 0 Å². The fraction of sp³-hybridized carbons (Fsp3) is 0.0952. The lowest BCUT2D eigenvalue weighted by atomic mass is 10.2. The predicted molar refractivity (Wildman–Crippen MR) is 106 cm³/mol. The van der Waals surface area contributed by atoms with Crippen LogP contribution in [0.25, 0.3) is 0 Å². The third-order valence-corrected chi connectivity index (χ3v) is 4.19. The summed E-state index contributed by atoms with van der Waals surface area (Å²) in [7, 11) is 3.30. The highest BCUT2D eigenvalue weighted by atomic mass is 35.5. The first-order valence-electron chi connectivity index (χ1n) is 8.13. The van der Waals surface area contributed by atoms with Gasteiger partial charge in [-0.2, -0.15) is 0 Å². The van der Waals surface area contributed by atoms with Gasteiger partial charge in [-0.25, -0.2) is 10.3 Å². The van der Waals surface area contributed by atoms with Gasteiger partial charge in [0.15, 0.2) is 0 Å². The second-order valence-electron chi connectivity index (χ2n) is 5.56. The van der Waals surface area contributed by atoms with Gasteiger partial charge in [0.05, 0.1) is 24.8 Å². The van der Waals surface area contributed by atoms with Gasteiger partial charge in [-0.1, -0.05) is 23.7 Å². The number of benzene rings is 3. The van der Waals surface area contributed by atoms with Crippen LogP contribution in [0.3, 0.4) is 0 Å². The highest BCUT2D eigenvalue weighted by molar-refractivity contribution is 6.34. The van der Waals surface area contributed by atoms with Crippen molar-refractivity contribution in [2.24, 2.45) is 0 Å². The molecule has 3 rings (SSSR count). The summed E-state index contributed by atoms with van der Waals surface area (Å²) in [6.45, 7) is 0. The summed E-state index contributed by atoms with van der Waals surface area (Å²) in [6, 6.07) is 23.1. The third-order valence-electron chi connectivity index (χ3n) is 3.86. The topological polar surface area (TPSA) is 44.5 Å². The normalized spacial score (nSPS) is 11.1.